The lowest BCUT2D eigenvalue weighted by Crippen LogP contribution is -1.86. The third-order valence-corrected chi connectivity index (χ3v) is 5.96. The summed E-state index contributed by atoms with van der Waals surface area (Å²) < 4.78 is 0. The smallest absolute Gasteiger partial charge is 0.0936 e. The van der Waals surface area contributed by atoms with Crippen LogP contribution in [0.2, 0.25) is 0 Å². The van der Waals surface area contributed by atoms with Gasteiger partial charge in [0.1, 0.15) is 0 Å². The largest absolute Gasteiger partial charge is 0.398 e. The molecule has 3 nitrogen and oxygen atoms in total. The van der Waals surface area contributed by atoms with Crippen molar-refractivity contribution >= 4 is 27.8 Å². The molecule has 0 aliphatic heterocycles. The van der Waals surface area contributed by atoms with Gasteiger partial charge in [0.05, 0.1) is 11.4 Å². The maximum absolute atomic E-state index is 6.07. The normalized spacial score (nSPS) is 11.5. The van der Waals surface area contributed by atoms with Gasteiger partial charge in [-0.3, -0.25) is 0 Å². The van der Waals surface area contributed by atoms with Gasteiger partial charge in [0, 0.05) is 16.5 Å². The van der Waals surface area contributed by atoms with E-state index in [-0.39, 0.29) is 0 Å². The average Bonchev–Trinajstić information content (AvgIpc) is 2.81. The van der Waals surface area contributed by atoms with E-state index in [1.54, 1.807) is 0 Å². The van der Waals surface area contributed by atoms with Crippen molar-refractivity contribution in [2.45, 2.75) is 77.6 Å². The number of aryl methyl sites for hydroxylation is 1. The maximum atomic E-state index is 6.07. The van der Waals surface area contributed by atoms with Gasteiger partial charge in [-0.25, -0.2) is 0 Å². The number of rotatable bonds is 13. The fraction of sp³-hybridized carbons (Fsp3) is 0.429. The van der Waals surface area contributed by atoms with Crippen molar-refractivity contribution in [3.63, 3.8) is 0 Å². The van der Waals surface area contributed by atoms with Crippen molar-refractivity contribution in [3.05, 3.63) is 66.2 Å². The van der Waals surface area contributed by atoms with E-state index in [9.17, 15) is 0 Å². The number of nitrogen functional groups attached to an aromatic ring is 1. The minimum absolute atomic E-state index is 0.769. The molecule has 0 aliphatic carbocycles. The van der Waals surface area contributed by atoms with Gasteiger partial charge in [-0.15, -0.1) is 5.11 Å². The third kappa shape index (κ3) is 7.50. The summed E-state index contributed by atoms with van der Waals surface area (Å²) in [5.74, 6) is 0. The highest BCUT2D eigenvalue weighted by Crippen LogP contribution is 2.31. The van der Waals surface area contributed by atoms with Crippen molar-refractivity contribution in [1.82, 2.24) is 0 Å². The summed E-state index contributed by atoms with van der Waals surface area (Å²) in [6.07, 6.45) is 14.9. The first kappa shape index (κ1) is 23.0. The Hall–Kier alpha value is -2.68. The summed E-state index contributed by atoms with van der Waals surface area (Å²) in [7, 11) is 0. The fourth-order valence-corrected chi connectivity index (χ4v) is 4.05. The van der Waals surface area contributed by atoms with Crippen LogP contribution in [0.3, 0.4) is 0 Å². The van der Waals surface area contributed by atoms with Crippen molar-refractivity contribution in [1.29, 1.82) is 0 Å². The van der Waals surface area contributed by atoms with Crippen LogP contribution in [0.5, 0.6) is 0 Å². The van der Waals surface area contributed by atoms with Crippen LogP contribution >= 0.6 is 0 Å². The number of hydrogen-bond donors (Lipinski definition) is 1. The molecule has 3 aromatic carbocycles. The highest BCUT2D eigenvalue weighted by atomic mass is 15.1. The first-order chi connectivity index (χ1) is 15.3. The number of nitrogens with two attached hydrogens (primary N) is 1. The lowest BCUT2D eigenvalue weighted by Gasteiger charge is -2.05. The highest BCUT2D eigenvalue weighted by molar-refractivity contribution is 5.99. The lowest BCUT2D eigenvalue weighted by molar-refractivity contribution is 0.556. The summed E-state index contributed by atoms with van der Waals surface area (Å²) >= 11 is 0. The van der Waals surface area contributed by atoms with Crippen LogP contribution in [0.4, 0.5) is 17.1 Å². The molecule has 3 heteroatoms. The van der Waals surface area contributed by atoms with Crippen molar-refractivity contribution in [2.75, 3.05) is 5.73 Å². The van der Waals surface area contributed by atoms with Crippen molar-refractivity contribution in [3.8, 4) is 0 Å². The number of unbranched alkanes of at least 4 members (excludes halogenated alkanes) is 9. The van der Waals surface area contributed by atoms with Crippen LogP contribution in [-0.2, 0) is 6.42 Å². The minimum atomic E-state index is 0.769. The zero-order valence-electron chi connectivity index (χ0n) is 19.0. The molecule has 2 N–H and O–H groups in total. The second-order valence-electron chi connectivity index (χ2n) is 8.52. The molecule has 0 aromatic heterocycles. The molecule has 0 spiro atoms. The van der Waals surface area contributed by atoms with Gasteiger partial charge in [0.15, 0.2) is 0 Å². The average molecular weight is 416 g/mol. The molecular weight excluding hydrogens is 378 g/mol. The topological polar surface area (TPSA) is 50.7 Å². The summed E-state index contributed by atoms with van der Waals surface area (Å²) in [4.78, 5) is 0. The van der Waals surface area contributed by atoms with Crippen LogP contribution in [0.1, 0.15) is 76.7 Å². The molecule has 31 heavy (non-hydrogen) atoms. The number of nitrogens with zero attached hydrogens (tertiary/aromatic N) is 2. The predicted molar refractivity (Wildman–Crippen MR) is 135 cm³/mol. The van der Waals surface area contributed by atoms with E-state index < -0.39 is 0 Å². The van der Waals surface area contributed by atoms with E-state index >= 15 is 0 Å². The van der Waals surface area contributed by atoms with E-state index in [4.69, 9.17) is 5.73 Å². The standard InChI is InChI=1S/C28H37N3/c1-2-3-4-5-6-7-8-9-10-11-14-23-17-19-24(20-18-23)30-31-28-22-21-27(29)25-15-12-13-16-26(25)28/h12-13,15-22H,2-11,14,29H2,1H3. The Bertz CT molecular complexity index is 944. The summed E-state index contributed by atoms with van der Waals surface area (Å²) in [6, 6.07) is 20.4. The molecule has 3 rings (SSSR count). The van der Waals surface area contributed by atoms with E-state index in [0.717, 1.165) is 34.3 Å². The van der Waals surface area contributed by atoms with Crippen LogP contribution < -0.4 is 5.73 Å². The summed E-state index contributed by atoms with van der Waals surface area (Å²) in [5.41, 5.74) is 9.96. The Labute approximate surface area is 187 Å². The van der Waals surface area contributed by atoms with Gasteiger partial charge >= 0.3 is 0 Å². The van der Waals surface area contributed by atoms with E-state index in [1.807, 2.05) is 36.4 Å². The molecule has 0 aliphatic rings. The second kappa shape index (κ2) is 12.9. The van der Waals surface area contributed by atoms with Crippen LogP contribution in [0.15, 0.2) is 70.9 Å². The maximum Gasteiger partial charge on any atom is 0.0936 e. The Kier molecular flexibility index (Phi) is 9.56. The van der Waals surface area contributed by atoms with E-state index in [0.29, 0.717) is 0 Å². The number of fused-ring (bicyclic) bond motifs is 1. The van der Waals surface area contributed by atoms with Gasteiger partial charge < -0.3 is 5.73 Å². The zero-order chi connectivity index (χ0) is 21.7. The van der Waals surface area contributed by atoms with Crippen LogP contribution in [-0.4, -0.2) is 0 Å². The predicted octanol–water partition coefficient (Wildman–Crippen LogP) is 9.30. The second-order valence-corrected chi connectivity index (χ2v) is 8.52. The number of anilines is 1. The van der Waals surface area contributed by atoms with E-state index in [1.165, 1.54) is 69.8 Å². The zero-order valence-corrected chi connectivity index (χ0v) is 19.0. The van der Waals surface area contributed by atoms with Gasteiger partial charge in [0.25, 0.3) is 0 Å². The quantitative estimate of drug-likeness (QED) is 0.169. The summed E-state index contributed by atoms with van der Waals surface area (Å²) in [5, 5.41) is 11.0. The van der Waals surface area contributed by atoms with Gasteiger partial charge in [-0.2, -0.15) is 5.11 Å². The SMILES string of the molecule is CCCCCCCCCCCCc1ccc(N=Nc2ccc(N)c3ccccc23)cc1. The van der Waals surface area contributed by atoms with Crippen LogP contribution in [0.25, 0.3) is 10.8 Å². The summed E-state index contributed by atoms with van der Waals surface area (Å²) in [6.45, 7) is 2.28. The minimum Gasteiger partial charge on any atom is -0.398 e. The number of hydrogen-bond acceptors (Lipinski definition) is 3. The highest BCUT2D eigenvalue weighted by Gasteiger charge is 2.03. The van der Waals surface area contributed by atoms with Crippen LogP contribution in [0, 0.1) is 0 Å². The molecule has 164 valence electrons. The first-order valence-corrected chi connectivity index (χ1v) is 12.1. The molecule has 0 amide bonds. The van der Waals surface area contributed by atoms with Crippen molar-refractivity contribution in [2.24, 2.45) is 10.2 Å². The molecule has 0 radical (unpaired) electrons. The molecule has 0 fully saturated rings. The Morgan fingerprint density at radius 3 is 1.90 bits per heavy atom. The van der Waals surface area contributed by atoms with Gasteiger partial charge in [0.2, 0.25) is 0 Å². The molecule has 0 saturated heterocycles. The Morgan fingerprint density at radius 2 is 1.23 bits per heavy atom. The molecule has 3 aromatic rings. The van der Waals surface area contributed by atoms with Gasteiger partial charge in [-0.05, 0) is 42.7 Å². The fourth-order valence-electron chi connectivity index (χ4n) is 4.05. The third-order valence-electron chi connectivity index (χ3n) is 5.96. The molecular formula is C28H37N3. The Balaban J connectivity index is 1.40. The first-order valence-electron chi connectivity index (χ1n) is 12.1. The lowest BCUT2D eigenvalue weighted by atomic mass is 10.0. The van der Waals surface area contributed by atoms with Crippen molar-refractivity contribution < 1.29 is 0 Å². The molecule has 0 unspecified atom stereocenters. The monoisotopic (exact) mass is 415 g/mol. The molecule has 0 heterocycles. The molecule has 0 bridgehead atoms. The molecule has 0 saturated carbocycles. The number of benzene rings is 3. The van der Waals surface area contributed by atoms with Gasteiger partial charge in [-0.1, -0.05) is 101 Å². The van der Waals surface area contributed by atoms with E-state index in [2.05, 4.69) is 41.4 Å². The molecule has 0 atom stereocenters. The Morgan fingerprint density at radius 1 is 0.613 bits per heavy atom. The number of azo groups is 1.